The van der Waals surface area contributed by atoms with Crippen molar-refractivity contribution in [3.05, 3.63) is 107 Å². The maximum absolute atomic E-state index is 10.7. The van der Waals surface area contributed by atoms with Gasteiger partial charge in [0.05, 0.1) is 13.2 Å². The first-order chi connectivity index (χ1) is 17.8. The maximum atomic E-state index is 10.7. The van der Waals surface area contributed by atoms with Crippen molar-refractivity contribution in [2.24, 2.45) is 0 Å². The predicted molar refractivity (Wildman–Crippen MR) is 155 cm³/mol. The van der Waals surface area contributed by atoms with E-state index in [9.17, 15) is 5.11 Å². The molecule has 1 heterocycles. The van der Waals surface area contributed by atoms with Gasteiger partial charge < -0.3 is 14.7 Å². The summed E-state index contributed by atoms with van der Waals surface area (Å²) >= 11 is 0. The van der Waals surface area contributed by atoms with E-state index in [0.29, 0.717) is 0 Å². The summed E-state index contributed by atoms with van der Waals surface area (Å²) < 4.78 is 5.65. The Kier molecular flexibility index (Phi) is 9.23. The van der Waals surface area contributed by atoms with Crippen LogP contribution < -0.4 is 4.74 Å². The quantitative estimate of drug-likeness (QED) is 0.330. The number of benzene rings is 3. The summed E-state index contributed by atoms with van der Waals surface area (Å²) in [5.74, 6) is 0.959. The second-order valence-electron chi connectivity index (χ2n) is 11.3. The zero-order valence-corrected chi connectivity index (χ0v) is 23.0. The minimum atomic E-state index is -0.389. The van der Waals surface area contributed by atoms with Gasteiger partial charge in [0.1, 0.15) is 5.75 Å². The van der Waals surface area contributed by atoms with Crippen molar-refractivity contribution in [1.82, 2.24) is 4.90 Å². The van der Waals surface area contributed by atoms with Gasteiger partial charge in [-0.2, -0.15) is 0 Å². The Balaban J connectivity index is 1.35. The molecule has 1 saturated heterocycles. The molecule has 3 aromatic carbocycles. The zero-order valence-electron chi connectivity index (χ0n) is 23.0. The maximum Gasteiger partial charge on any atom is 0.122 e. The van der Waals surface area contributed by atoms with E-state index in [1.54, 1.807) is 12.7 Å². The molecule has 0 aliphatic carbocycles. The lowest BCUT2D eigenvalue weighted by Gasteiger charge is -2.30. The minimum absolute atomic E-state index is 0.137. The number of likely N-dealkylation sites (tertiary alicyclic amines) is 1. The zero-order chi connectivity index (χ0) is 26.3. The molecule has 0 aromatic heterocycles. The summed E-state index contributed by atoms with van der Waals surface area (Å²) in [5.41, 5.74) is 8.03. The van der Waals surface area contributed by atoms with Gasteiger partial charge in [0.2, 0.25) is 0 Å². The standard InChI is InChI=1S/C34H43NO2/c1-34(2,3)30-18-16-28(17-19-30)32(36)14-10-22-35-23-20-27(21-24-35)31(26-11-6-5-7-12-26)25-29-13-8-9-15-33(29)37-4/h5-9,11-13,15-19,32,36H,10,14,20-25H2,1-4H3. The lowest BCUT2D eigenvalue weighted by atomic mass is 9.86. The molecule has 0 spiro atoms. The fraction of sp³-hybridized carbons (Fsp3) is 0.412. The molecular weight excluding hydrogens is 454 g/mol. The highest BCUT2D eigenvalue weighted by Gasteiger charge is 2.20. The smallest absolute Gasteiger partial charge is 0.122 e. The number of allylic oxidation sites excluding steroid dienone is 1. The van der Waals surface area contributed by atoms with Crippen LogP contribution in [0.2, 0.25) is 0 Å². The SMILES string of the molecule is COc1ccccc1CC(=C1CCN(CCCC(O)c2ccc(C(C)(C)C)cc2)CC1)c1ccccc1. The van der Waals surface area contributed by atoms with Crippen molar-refractivity contribution in [3.8, 4) is 5.75 Å². The first kappa shape index (κ1) is 27.2. The molecule has 0 amide bonds. The number of nitrogens with zero attached hydrogens (tertiary/aromatic N) is 1. The third-order valence-corrected chi connectivity index (χ3v) is 7.68. The molecule has 0 radical (unpaired) electrons. The molecule has 196 valence electrons. The molecule has 1 fully saturated rings. The van der Waals surface area contributed by atoms with Gasteiger partial charge in [0.15, 0.2) is 0 Å². The van der Waals surface area contributed by atoms with Gasteiger partial charge in [-0.15, -0.1) is 0 Å². The summed E-state index contributed by atoms with van der Waals surface area (Å²) in [7, 11) is 1.75. The first-order valence-corrected chi connectivity index (χ1v) is 13.7. The van der Waals surface area contributed by atoms with Crippen molar-refractivity contribution in [2.75, 3.05) is 26.7 Å². The molecule has 1 N–H and O–H groups in total. The van der Waals surface area contributed by atoms with Gasteiger partial charge >= 0.3 is 0 Å². The monoisotopic (exact) mass is 497 g/mol. The van der Waals surface area contributed by atoms with E-state index < -0.39 is 0 Å². The predicted octanol–water partition coefficient (Wildman–Crippen LogP) is 7.60. The largest absolute Gasteiger partial charge is 0.496 e. The molecule has 1 atom stereocenters. The van der Waals surface area contributed by atoms with Crippen LogP contribution in [0, 0.1) is 0 Å². The summed E-state index contributed by atoms with van der Waals surface area (Å²) in [4.78, 5) is 2.56. The summed E-state index contributed by atoms with van der Waals surface area (Å²) in [6.07, 6.45) is 4.50. The summed E-state index contributed by atoms with van der Waals surface area (Å²) in [5, 5.41) is 10.7. The number of methoxy groups -OCH3 is 1. The van der Waals surface area contributed by atoms with Crippen LogP contribution in [0.5, 0.6) is 5.75 Å². The van der Waals surface area contributed by atoms with Crippen molar-refractivity contribution < 1.29 is 9.84 Å². The number of aliphatic hydroxyl groups excluding tert-OH is 1. The van der Waals surface area contributed by atoms with E-state index in [1.165, 1.54) is 22.3 Å². The molecule has 4 rings (SSSR count). The molecule has 37 heavy (non-hydrogen) atoms. The third-order valence-electron chi connectivity index (χ3n) is 7.68. The van der Waals surface area contributed by atoms with Gasteiger partial charge in [-0.1, -0.05) is 99.1 Å². The number of piperidine rings is 1. The van der Waals surface area contributed by atoms with Crippen molar-refractivity contribution in [2.45, 2.75) is 64.4 Å². The van der Waals surface area contributed by atoms with Gasteiger partial charge in [-0.25, -0.2) is 0 Å². The van der Waals surface area contributed by atoms with E-state index in [-0.39, 0.29) is 11.5 Å². The lowest BCUT2D eigenvalue weighted by molar-refractivity contribution is 0.153. The number of rotatable bonds is 9. The fourth-order valence-corrected chi connectivity index (χ4v) is 5.34. The van der Waals surface area contributed by atoms with Crippen LogP contribution in [-0.4, -0.2) is 36.8 Å². The summed E-state index contributed by atoms with van der Waals surface area (Å²) in [6.45, 7) is 9.86. The lowest BCUT2D eigenvalue weighted by Crippen LogP contribution is -2.32. The topological polar surface area (TPSA) is 32.7 Å². The second kappa shape index (κ2) is 12.6. The van der Waals surface area contributed by atoms with Crippen molar-refractivity contribution in [3.63, 3.8) is 0 Å². The highest BCUT2D eigenvalue weighted by atomic mass is 16.5. The Bertz CT molecular complexity index is 1150. The van der Waals surface area contributed by atoms with Crippen LogP contribution in [0.1, 0.15) is 74.8 Å². The molecule has 1 unspecified atom stereocenters. The Morgan fingerprint density at radius 2 is 1.54 bits per heavy atom. The Hall–Kier alpha value is -2.88. The molecule has 3 heteroatoms. The highest BCUT2D eigenvalue weighted by molar-refractivity contribution is 5.71. The third kappa shape index (κ3) is 7.34. The van der Waals surface area contributed by atoms with E-state index >= 15 is 0 Å². The molecule has 0 bridgehead atoms. The molecule has 1 aliphatic heterocycles. The average Bonchev–Trinajstić information content (AvgIpc) is 2.92. The van der Waals surface area contributed by atoms with Gasteiger partial charge in [-0.3, -0.25) is 0 Å². The minimum Gasteiger partial charge on any atom is -0.496 e. The van der Waals surface area contributed by atoms with Gasteiger partial charge in [-0.05, 0) is 71.5 Å². The van der Waals surface area contributed by atoms with Crippen molar-refractivity contribution >= 4 is 5.57 Å². The van der Waals surface area contributed by atoms with Crippen LogP contribution in [0.25, 0.3) is 5.57 Å². The number of hydrogen-bond donors (Lipinski definition) is 1. The molecule has 3 aromatic rings. The van der Waals surface area contributed by atoms with Crippen LogP contribution in [0.4, 0.5) is 0 Å². The van der Waals surface area contributed by atoms with E-state index in [4.69, 9.17) is 4.74 Å². The Morgan fingerprint density at radius 1 is 0.892 bits per heavy atom. The molecule has 0 saturated carbocycles. The van der Waals surface area contributed by atoms with Crippen LogP contribution in [0.15, 0.2) is 84.4 Å². The Morgan fingerprint density at radius 3 is 2.19 bits per heavy atom. The van der Waals surface area contributed by atoms with Gasteiger partial charge in [0, 0.05) is 19.5 Å². The first-order valence-electron chi connectivity index (χ1n) is 13.7. The van der Waals surface area contributed by atoms with E-state index in [0.717, 1.165) is 63.1 Å². The number of hydrogen-bond acceptors (Lipinski definition) is 3. The van der Waals surface area contributed by atoms with Gasteiger partial charge in [0.25, 0.3) is 0 Å². The fourth-order valence-electron chi connectivity index (χ4n) is 5.34. The normalized spacial score (nSPS) is 15.4. The van der Waals surface area contributed by atoms with E-state index in [1.807, 2.05) is 6.07 Å². The number of aliphatic hydroxyl groups is 1. The van der Waals surface area contributed by atoms with Crippen molar-refractivity contribution in [1.29, 1.82) is 0 Å². The molecule has 3 nitrogen and oxygen atoms in total. The average molecular weight is 498 g/mol. The van der Waals surface area contributed by atoms with E-state index in [2.05, 4.69) is 98.5 Å². The number of para-hydroxylation sites is 1. The Labute approximate surface area is 223 Å². The van der Waals surface area contributed by atoms with Crippen LogP contribution in [0.3, 0.4) is 0 Å². The number of ether oxygens (including phenoxy) is 1. The summed E-state index contributed by atoms with van der Waals surface area (Å²) in [6, 6.07) is 27.7. The molecule has 1 aliphatic rings. The van der Waals surface area contributed by atoms with Crippen LogP contribution >= 0.6 is 0 Å². The second-order valence-corrected chi connectivity index (χ2v) is 11.3. The van der Waals surface area contributed by atoms with Crippen LogP contribution in [-0.2, 0) is 11.8 Å². The highest BCUT2D eigenvalue weighted by Crippen LogP contribution is 2.32. The molecular formula is C34H43NO2.